The van der Waals surface area contributed by atoms with Crippen LogP contribution in [0.2, 0.25) is 10.0 Å². The minimum Gasteiger partial charge on any atom is -0.321 e. The standard InChI is InChI=1S/C16H10Cl2N2O/c17-10-6-7-15(13(18)9-10)20-16(21)12-3-1-5-14-11(12)4-2-8-19-14/h1-9H,(H,20,21). The van der Waals surface area contributed by atoms with Crippen LogP contribution in [0.4, 0.5) is 5.69 Å². The maximum absolute atomic E-state index is 12.4. The molecule has 0 unspecified atom stereocenters. The molecule has 3 rings (SSSR count). The van der Waals surface area contributed by atoms with Crippen molar-refractivity contribution in [2.75, 3.05) is 5.32 Å². The van der Waals surface area contributed by atoms with Crippen LogP contribution >= 0.6 is 23.2 Å². The van der Waals surface area contributed by atoms with E-state index >= 15 is 0 Å². The lowest BCUT2D eigenvalue weighted by Gasteiger charge is -2.09. The van der Waals surface area contributed by atoms with Gasteiger partial charge in [0.25, 0.3) is 5.91 Å². The van der Waals surface area contributed by atoms with Gasteiger partial charge in [0.2, 0.25) is 0 Å². The first kappa shape index (κ1) is 13.9. The Morgan fingerprint density at radius 3 is 2.71 bits per heavy atom. The Hall–Kier alpha value is -2.10. The van der Waals surface area contributed by atoms with Gasteiger partial charge in [0.15, 0.2) is 0 Å². The van der Waals surface area contributed by atoms with E-state index in [2.05, 4.69) is 10.3 Å². The Morgan fingerprint density at radius 1 is 1.05 bits per heavy atom. The van der Waals surface area contributed by atoms with Crippen molar-refractivity contribution in [1.29, 1.82) is 0 Å². The molecule has 0 saturated heterocycles. The summed E-state index contributed by atoms with van der Waals surface area (Å²) in [6.07, 6.45) is 1.69. The van der Waals surface area contributed by atoms with Crippen molar-refractivity contribution >= 4 is 45.7 Å². The van der Waals surface area contributed by atoms with Crippen LogP contribution in [-0.4, -0.2) is 10.9 Å². The number of aromatic nitrogens is 1. The summed E-state index contributed by atoms with van der Waals surface area (Å²) < 4.78 is 0. The maximum atomic E-state index is 12.4. The molecule has 0 aliphatic heterocycles. The van der Waals surface area contributed by atoms with Crippen LogP contribution in [0.1, 0.15) is 10.4 Å². The highest BCUT2D eigenvalue weighted by Crippen LogP contribution is 2.26. The van der Waals surface area contributed by atoms with Crippen molar-refractivity contribution in [1.82, 2.24) is 4.98 Å². The fraction of sp³-hybridized carbons (Fsp3) is 0. The molecular formula is C16H10Cl2N2O. The zero-order valence-electron chi connectivity index (χ0n) is 10.8. The monoisotopic (exact) mass is 316 g/mol. The first-order valence-electron chi connectivity index (χ1n) is 6.25. The van der Waals surface area contributed by atoms with E-state index in [1.807, 2.05) is 12.1 Å². The smallest absolute Gasteiger partial charge is 0.256 e. The predicted octanol–water partition coefficient (Wildman–Crippen LogP) is 4.79. The predicted molar refractivity (Wildman–Crippen MR) is 86.2 cm³/mol. The van der Waals surface area contributed by atoms with Crippen molar-refractivity contribution in [3.63, 3.8) is 0 Å². The number of carbonyl (C=O) groups excluding carboxylic acids is 1. The molecule has 5 heteroatoms. The average Bonchev–Trinajstić information content (AvgIpc) is 2.49. The summed E-state index contributed by atoms with van der Waals surface area (Å²) in [6, 6.07) is 14.0. The lowest BCUT2D eigenvalue weighted by molar-refractivity contribution is 0.102. The fourth-order valence-electron chi connectivity index (χ4n) is 2.08. The minimum absolute atomic E-state index is 0.238. The third-order valence-corrected chi connectivity index (χ3v) is 3.62. The third-order valence-electron chi connectivity index (χ3n) is 3.07. The van der Waals surface area contributed by atoms with Gasteiger partial charge in [0.1, 0.15) is 0 Å². The van der Waals surface area contributed by atoms with Gasteiger partial charge in [-0.1, -0.05) is 35.3 Å². The van der Waals surface area contributed by atoms with Crippen molar-refractivity contribution in [2.45, 2.75) is 0 Å². The summed E-state index contributed by atoms with van der Waals surface area (Å²) in [5.41, 5.74) is 1.84. The van der Waals surface area contributed by atoms with Gasteiger partial charge in [-0.15, -0.1) is 0 Å². The van der Waals surface area contributed by atoms with Crippen LogP contribution in [0.3, 0.4) is 0 Å². The first-order chi connectivity index (χ1) is 10.1. The van der Waals surface area contributed by atoms with E-state index < -0.39 is 0 Å². The normalized spacial score (nSPS) is 10.6. The Balaban J connectivity index is 1.97. The summed E-state index contributed by atoms with van der Waals surface area (Å²) in [7, 11) is 0. The van der Waals surface area contributed by atoms with Crippen LogP contribution in [0.25, 0.3) is 10.9 Å². The van der Waals surface area contributed by atoms with Crippen LogP contribution in [0, 0.1) is 0 Å². The van der Waals surface area contributed by atoms with E-state index in [-0.39, 0.29) is 5.91 Å². The van der Waals surface area contributed by atoms with E-state index in [4.69, 9.17) is 23.2 Å². The minimum atomic E-state index is -0.238. The highest BCUT2D eigenvalue weighted by Gasteiger charge is 2.12. The fourth-order valence-corrected chi connectivity index (χ4v) is 2.54. The number of anilines is 1. The molecule has 0 atom stereocenters. The molecule has 0 aliphatic rings. The highest BCUT2D eigenvalue weighted by molar-refractivity contribution is 6.37. The summed E-state index contributed by atoms with van der Waals surface area (Å²) >= 11 is 11.9. The summed E-state index contributed by atoms with van der Waals surface area (Å²) in [4.78, 5) is 16.7. The zero-order chi connectivity index (χ0) is 14.8. The Morgan fingerprint density at radius 2 is 1.90 bits per heavy atom. The summed E-state index contributed by atoms with van der Waals surface area (Å²) in [6.45, 7) is 0. The number of hydrogen-bond donors (Lipinski definition) is 1. The second kappa shape index (κ2) is 5.72. The Labute approximate surface area is 131 Å². The molecule has 0 bridgehead atoms. The number of nitrogens with zero attached hydrogens (tertiary/aromatic N) is 1. The van der Waals surface area contributed by atoms with E-state index in [0.717, 1.165) is 10.9 Å². The second-order valence-corrected chi connectivity index (χ2v) is 5.30. The number of fused-ring (bicyclic) bond motifs is 1. The van der Waals surface area contributed by atoms with Crippen LogP contribution in [0.5, 0.6) is 0 Å². The number of benzene rings is 2. The number of hydrogen-bond acceptors (Lipinski definition) is 2. The van der Waals surface area contributed by atoms with Crippen molar-refractivity contribution < 1.29 is 4.79 Å². The molecule has 0 radical (unpaired) electrons. The molecule has 3 nitrogen and oxygen atoms in total. The van der Waals surface area contributed by atoms with E-state index in [1.54, 1.807) is 42.6 Å². The highest BCUT2D eigenvalue weighted by atomic mass is 35.5. The number of carbonyl (C=O) groups is 1. The molecule has 1 amide bonds. The number of rotatable bonds is 2. The molecule has 0 spiro atoms. The molecule has 2 aromatic carbocycles. The Bertz CT molecular complexity index is 828. The molecule has 104 valence electrons. The summed E-state index contributed by atoms with van der Waals surface area (Å²) in [5.74, 6) is -0.238. The number of halogens is 2. The molecule has 1 aromatic heterocycles. The maximum Gasteiger partial charge on any atom is 0.256 e. The second-order valence-electron chi connectivity index (χ2n) is 4.45. The lowest BCUT2D eigenvalue weighted by atomic mass is 10.1. The van der Waals surface area contributed by atoms with Crippen LogP contribution < -0.4 is 5.32 Å². The van der Waals surface area contributed by atoms with E-state index in [9.17, 15) is 4.79 Å². The molecular weight excluding hydrogens is 307 g/mol. The van der Waals surface area contributed by atoms with Crippen molar-refractivity contribution in [3.8, 4) is 0 Å². The topological polar surface area (TPSA) is 42.0 Å². The molecule has 0 fully saturated rings. The van der Waals surface area contributed by atoms with Gasteiger partial charge in [0.05, 0.1) is 16.2 Å². The molecule has 0 saturated carbocycles. The number of nitrogens with one attached hydrogen (secondary N) is 1. The molecule has 0 aliphatic carbocycles. The van der Waals surface area contributed by atoms with E-state index in [1.165, 1.54) is 0 Å². The molecule has 1 N–H and O–H groups in total. The Kier molecular flexibility index (Phi) is 3.78. The van der Waals surface area contributed by atoms with Gasteiger partial charge in [-0.2, -0.15) is 0 Å². The van der Waals surface area contributed by atoms with Gasteiger partial charge < -0.3 is 5.32 Å². The molecule has 1 heterocycles. The quantitative estimate of drug-likeness (QED) is 0.738. The van der Waals surface area contributed by atoms with Crippen molar-refractivity contribution in [2.24, 2.45) is 0 Å². The zero-order valence-corrected chi connectivity index (χ0v) is 12.3. The number of amides is 1. The van der Waals surface area contributed by atoms with E-state index in [0.29, 0.717) is 21.3 Å². The van der Waals surface area contributed by atoms with Gasteiger partial charge >= 0.3 is 0 Å². The van der Waals surface area contributed by atoms with Crippen LogP contribution in [-0.2, 0) is 0 Å². The number of pyridine rings is 1. The van der Waals surface area contributed by atoms with Gasteiger partial charge in [0, 0.05) is 22.2 Å². The summed E-state index contributed by atoms with van der Waals surface area (Å²) in [5, 5.41) is 4.50. The van der Waals surface area contributed by atoms with Gasteiger partial charge in [-0.3, -0.25) is 9.78 Å². The van der Waals surface area contributed by atoms with Gasteiger partial charge in [-0.25, -0.2) is 0 Å². The SMILES string of the molecule is O=C(Nc1ccc(Cl)cc1Cl)c1cccc2ncccc12. The third kappa shape index (κ3) is 2.84. The van der Waals surface area contributed by atoms with Crippen molar-refractivity contribution in [3.05, 3.63) is 70.3 Å². The first-order valence-corrected chi connectivity index (χ1v) is 7.01. The van der Waals surface area contributed by atoms with Crippen LogP contribution in [0.15, 0.2) is 54.7 Å². The van der Waals surface area contributed by atoms with Gasteiger partial charge in [-0.05, 0) is 36.4 Å². The lowest BCUT2D eigenvalue weighted by Crippen LogP contribution is -2.12. The average molecular weight is 317 g/mol. The largest absolute Gasteiger partial charge is 0.321 e. The molecule has 3 aromatic rings. The molecule has 21 heavy (non-hydrogen) atoms.